The number of rotatable bonds is 4. The molecule has 7 nitrogen and oxygen atoms in total. The third-order valence-corrected chi connectivity index (χ3v) is 3.90. The topological polar surface area (TPSA) is 95.9 Å². The van der Waals surface area contributed by atoms with Crippen molar-refractivity contribution in [3.63, 3.8) is 0 Å². The zero-order valence-corrected chi connectivity index (χ0v) is 10.4. The number of hydrogen-bond donors (Lipinski definition) is 2. The molecule has 19 heavy (non-hydrogen) atoms. The second kappa shape index (κ2) is 5.02. The van der Waals surface area contributed by atoms with Crippen molar-refractivity contribution >= 4 is 16.3 Å². The molecule has 1 fully saturated rings. The Morgan fingerprint density at radius 2 is 1.95 bits per heavy atom. The standard InChI is InChI=1S/C10H11FN2O5S/c11-7-1-3-8(4-2-7)18-9-5-13(6-9)19(16,17)12-10(14)15/h1-4,9,12H,5-6H2,(H,14,15). The van der Waals surface area contributed by atoms with E-state index in [0.29, 0.717) is 5.75 Å². The second-order valence-electron chi connectivity index (χ2n) is 3.92. The molecule has 1 aromatic rings. The van der Waals surface area contributed by atoms with E-state index in [0.717, 1.165) is 4.31 Å². The molecule has 1 amide bonds. The van der Waals surface area contributed by atoms with Crippen LogP contribution in [-0.4, -0.2) is 43.1 Å². The number of hydrogen-bond acceptors (Lipinski definition) is 4. The zero-order chi connectivity index (χ0) is 14.0. The second-order valence-corrected chi connectivity index (χ2v) is 5.59. The molecule has 0 spiro atoms. The van der Waals surface area contributed by atoms with Crippen LogP contribution in [0.1, 0.15) is 0 Å². The maximum Gasteiger partial charge on any atom is 0.419 e. The first-order valence-electron chi connectivity index (χ1n) is 5.30. The van der Waals surface area contributed by atoms with Gasteiger partial charge in [0.05, 0.1) is 13.1 Å². The quantitative estimate of drug-likeness (QED) is 0.837. The van der Waals surface area contributed by atoms with Crippen LogP contribution in [0, 0.1) is 5.82 Å². The summed E-state index contributed by atoms with van der Waals surface area (Å²) in [5.41, 5.74) is 0. The summed E-state index contributed by atoms with van der Waals surface area (Å²) in [6, 6.07) is 5.33. The summed E-state index contributed by atoms with van der Waals surface area (Å²) in [6.45, 7) is 0.0833. The highest BCUT2D eigenvalue weighted by Crippen LogP contribution is 2.20. The van der Waals surface area contributed by atoms with Crippen molar-refractivity contribution in [2.75, 3.05) is 13.1 Å². The number of amides is 1. The van der Waals surface area contributed by atoms with Crippen molar-refractivity contribution in [1.82, 2.24) is 9.03 Å². The Kier molecular flexibility index (Phi) is 3.58. The van der Waals surface area contributed by atoms with Gasteiger partial charge in [-0.3, -0.25) is 0 Å². The Hall–Kier alpha value is -1.87. The van der Waals surface area contributed by atoms with Gasteiger partial charge in [0, 0.05) is 0 Å². The molecule has 0 aliphatic carbocycles. The molecule has 9 heteroatoms. The third kappa shape index (κ3) is 3.32. The first-order valence-corrected chi connectivity index (χ1v) is 6.74. The number of carbonyl (C=O) groups is 1. The molecular weight excluding hydrogens is 279 g/mol. The summed E-state index contributed by atoms with van der Waals surface area (Å²) in [7, 11) is -4.01. The lowest BCUT2D eigenvalue weighted by Crippen LogP contribution is -2.59. The Balaban J connectivity index is 1.86. The number of ether oxygens (including phenoxy) is 1. The molecule has 1 saturated heterocycles. The number of nitrogens with zero attached hydrogens (tertiary/aromatic N) is 1. The smallest absolute Gasteiger partial charge is 0.419 e. The number of benzene rings is 1. The van der Waals surface area contributed by atoms with E-state index < -0.39 is 22.1 Å². The molecule has 1 aliphatic heterocycles. The van der Waals surface area contributed by atoms with E-state index in [4.69, 9.17) is 9.84 Å². The van der Waals surface area contributed by atoms with Crippen LogP contribution in [0.2, 0.25) is 0 Å². The molecular formula is C10H11FN2O5S. The monoisotopic (exact) mass is 290 g/mol. The molecule has 2 rings (SSSR count). The Morgan fingerprint density at radius 3 is 2.47 bits per heavy atom. The zero-order valence-electron chi connectivity index (χ0n) is 9.61. The summed E-state index contributed by atoms with van der Waals surface area (Å²) in [6.07, 6.45) is -2.02. The molecule has 1 aliphatic rings. The fraction of sp³-hybridized carbons (Fsp3) is 0.300. The van der Waals surface area contributed by atoms with Crippen LogP contribution < -0.4 is 9.46 Å². The molecule has 0 aromatic heterocycles. The molecule has 0 atom stereocenters. The predicted molar refractivity (Wildman–Crippen MR) is 62.5 cm³/mol. The summed E-state index contributed by atoms with van der Waals surface area (Å²) in [4.78, 5) is 10.3. The van der Waals surface area contributed by atoms with Crippen molar-refractivity contribution in [1.29, 1.82) is 0 Å². The predicted octanol–water partition coefficient (Wildman–Crippen LogP) is 0.401. The van der Waals surface area contributed by atoms with Crippen molar-refractivity contribution in [2.45, 2.75) is 6.10 Å². The highest BCUT2D eigenvalue weighted by Gasteiger charge is 2.38. The van der Waals surface area contributed by atoms with Gasteiger partial charge in [-0.25, -0.2) is 13.9 Å². The minimum Gasteiger partial charge on any atom is -0.488 e. The molecule has 0 saturated carbocycles. The van der Waals surface area contributed by atoms with Gasteiger partial charge in [0.25, 0.3) is 0 Å². The molecule has 0 bridgehead atoms. The molecule has 0 radical (unpaired) electrons. The first-order chi connectivity index (χ1) is 8.87. The van der Waals surface area contributed by atoms with Gasteiger partial charge in [0.15, 0.2) is 0 Å². The van der Waals surface area contributed by atoms with Gasteiger partial charge in [-0.2, -0.15) is 12.7 Å². The van der Waals surface area contributed by atoms with Crippen molar-refractivity contribution in [2.24, 2.45) is 0 Å². The maximum absolute atomic E-state index is 12.7. The van der Waals surface area contributed by atoms with E-state index in [9.17, 15) is 17.6 Å². The Bertz CT molecular complexity index is 568. The van der Waals surface area contributed by atoms with Gasteiger partial charge in [-0.1, -0.05) is 0 Å². The number of carboxylic acid groups (broad SMARTS) is 1. The van der Waals surface area contributed by atoms with Crippen LogP contribution in [0.3, 0.4) is 0 Å². The minimum absolute atomic E-state index is 0.0417. The van der Waals surface area contributed by atoms with Gasteiger partial charge < -0.3 is 9.84 Å². The van der Waals surface area contributed by atoms with Crippen LogP contribution >= 0.6 is 0 Å². The maximum atomic E-state index is 12.7. The largest absolute Gasteiger partial charge is 0.488 e. The van der Waals surface area contributed by atoms with Crippen molar-refractivity contribution in [3.8, 4) is 5.75 Å². The lowest BCUT2D eigenvalue weighted by Gasteiger charge is -2.37. The summed E-state index contributed by atoms with van der Waals surface area (Å²) < 4.78 is 43.2. The molecule has 104 valence electrons. The molecule has 1 heterocycles. The summed E-state index contributed by atoms with van der Waals surface area (Å²) in [5.74, 6) is 0.0328. The normalized spacial score (nSPS) is 16.7. The molecule has 0 unspecified atom stereocenters. The van der Waals surface area contributed by atoms with Gasteiger partial charge in [0.2, 0.25) is 0 Å². The van der Waals surface area contributed by atoms with E-state index in [1.165, 1.54) is 29.0 Å². The first kappa shape index (κ1) is 13.6. The van der Waals surface area contributed by atoms with Crippen molar-refractivity contribution in [3.05, 3.63) is 30.1 Å². The highest BCUT2D eigenvalue weighted by atomic mass is 32.2. The Morgan fingerprint density at radius 1 is 1.37 bits per heavy atom. The third-order valence-electron chi connectivity index (χ3n) is 2.49. The Labute approximate surface area is 108 Å². The van der Waals surface area contributed by atoms with Crippen LogP contribution in [0.25, 0.3) is 0 Å². The lowest BCUT2D eigenvalue weighted by molar-refractivity contribution is 0.0751. The lowest BCUT2D eigenvalue weighted by atomic mass is 10.2. The average Bonchev–Trinajstić information content (AvgIpc) is 2.23. The molecule has 1 aromatic carbocycles. The minimum atomic E-state index is -4.01. The van der Waals surface area contributed by atoms with Crippen LogP contribution in [0.4, 0.5) is 9.18 Å². The number of halogens is 1. The fourth-order valence-electron chi connectivity index (χ4n) is 1.55. The number of nitrogens with one attached hydrogen (secondary N) is 1. The average molecular weight is 290 g/mol. The summed E-state index contributed by atoms with van der Waals surface area (Å²) in [5, 5.41) is 8.36. The van der Waals surface area contributed by atoms with E-state index in [1.54, 1.807) is 0 Å². The fourth-order valence-corrected chi connectivity index (χ4v) is 2.63. The van der Waals surface area contributed by atoms with E-state index >= 15 is 0 Å². The van der Waals surface area contributed by atoms with E-state index in [2.05, 4.69) is 0 Å². The highest BCUT2D eigenvalue weighted by molar-refractivity contribution is 7.87. The van der Waals surface area contributed by atoms with Crippen molar-refractivity contribution < 1.29 is 27.4 Å². The van der Waals surface area contributed by atoms with Crippen LogP contribution in [0.15, 0.2) is 24.3 Å². The summed E-state index contributed by atoms with van der Waals surface area (Å²) >= 11 is 0. The van der Waals surface area contributed by atoms with Gasteiger partial charge in [-0.05, 0) is 24.3 Å². The van der Waals surface area contributed by atoms with Gasteiger partial charge in [-0.15, -0.1) is 0 Å². The SMILES string of the molecule is O=C(O)NS(=O)(=O)N1CC(Oc2ccc(F)cc2)C1. The molecule has 2 N–H and O–H groups in total. The van der Waals surface area contributed by atoms with Crippen LogP contribution in [0.5, 0.6) is 5.75 Å². The van der Waals surface area contributed by atoms with Gasteiger partial charge in [0.1, 0.15) is 17.7 Å². The van der Waals surface area contributed by atoms with E-state index in [1.807, 2.05) is 0 Å². The van der Waals surface area contributed by atoms with Crippen LogP contribution in [-0.2, 0) is 10.2 Å². The van der Waals surface area contributed by atoms with E-state index in [-0.39, 0.29) is 19.2 Å². The van der Waals surface area contributed by atoms with Gasteiger partial charge >= 0.3 is 16.3 Å².